The number of nitrogens with zero attached hydrogens (tertiary/aromatic N) is 2. The number of piperidine rings is 2. The highest BCUT2D eigenvalue weighted by Gasteiger charge is 2.36. The maximum Gasteiger partial charge on any atom is 0.274 e. The lowest BCUT2D eigenvalue weighted by Gasteiger charge is -2.41. The Kier molecular flexibility index (Phi) is 2.88. The number of fused-ring (bicyclic) bond motifs is 1. The van der Waals surface area contributed by atoms with Crippen molar-refractivity contribution in [3.8, 4) is 0 Å². The summed E-state index contributed by atoms with van der Waals surface area (Å²) in [5.74, 6) is 0.365. The highest BCUT2D eigenvalue weighted by atomic mass is 16.2. The first-order valence-electron chi connectivity index (χ1n) is 6.52. The van der Waals surface area contributed by atoms with Gasteiger partial charge in [-0.25, -0.2) is 0 Å². The highest BCUT2D eigenvalue weighted by molar-refractivity contribution is 5.97. The van der Waals surface area contributed by atoms with E-state index in [2.05, 4.69) is 15.5 Å². The third-order valence-electron chi connectivity index (χ3n) is 3.99. The molecule has 2 amide bonds. The molecule has 2 fully saturated rings. The van der Waals surface area contributed by atoms with Crippen molar-refractivity contribution in [3.05, 3.63) is 11.9 Å². The molecular weight excluding hydrogens is 246 g/mol. The van der Waals surface area contributed by atoms with Gasteiger partial charge in [0.1, 0.15) is 5.69 Å². The van der Waals surface area contributed by atoms with E-state index in [1.54, 1.807) is 4.90 Å². The Bertz CT molecular complexity index is 512. The molecule has 7 heteroatoms. The molecule has 19 heavy (non-hydrogen) atoms. The zero-order chi connectivity index (χ0) is 13.4. The number of carbonyl (C=O) groups is 2. The summed E-state index contributed by atoms with van der Waals surface area (Å²) in [4.78, 5) is 25.4. The fraction of sp³-hybridized carbons (Fsp3) is 0.583. The molecule has 2 saturated heterocycles. The van der Waals surface area contributed by atoms with Gasteiger partial charge in [-0.1, -0.05) is 0 Å². The van der Waals surface area contributed by atoms with Crippen LogP contribution in [0.2, 0.25) is 0 Å². The number of H-pyrrole nitrogens is 1. The quantitative estimate of drug-likeness (QED) is 0.649. The van der Waals surface area contributed by atoms with Gasteiger partial charge in [0.15, 0.2) is 0 Å². The second kappa shape index (κ2) is 4.56. The predicted molar refractivity (Wildman–Crippen MR) is 68.2 cm³/mol. The Morgan fingerprint density at radius 3 is 3.05 bits per heavy atom. The molecule has 0 aromatic carbocycles. The zero-order valence-electron chi connectivity index (χ0n) is 10.6. The summed E-state index contributed by atoms with van der Waals surface area (Å²) in [6.45, 7) is 1.31. The second-order valence-corrected chi connectivity index (χ2v) is 5.21. The van der Waals surface area contributed by atoms with Gasteiger partial charge in [0.05, 0.1) is 11.9 Å². The van der Waals surface area contributed by atoms with Crippen LogP contribution in [0.25, 0.3) is 0 Å². The van der Waals surface area contributed by atoms with Crippen LogP contribution in [0.5, 0.6) is 0 Å². The van der Waals surface area contributed by atoms with Crippen molar-refractivity contribution >= 4 is 17.5 Å². The van der Waals surface area contributed by atoms with Gasteiger partial charge in [-0.05, 0) is 18.8 Å². The molecule has 2 aliphatic heterocycles. The van der Waals surface area contributed by atoms with E-state index in [9.17, 15) is 9.59 Å². The Balaban J connectivity index is 1.70. The number of aromatic nitrogens is 2. The topological polar surface area (TPSA) is 104 Å². The van der Waals surface area contributed by atoms with Crippen molar-refractivity contribution in [2.24, 2.45) is 5.92 Å². The largest absolute Gasteiger partial charge is 0.396 e. The molecule has 2 atom stereocenters. The minimum atomic E-state index is -0.106. The number of hydrogen-bond donors (Lipinski definition) is 3. The van der Waals surface area contributed by atoms with E-state index in [0.717, 1.165) is 12.8 Å². The van der Waals surface area contributed by atoms with E-state index >= 15 is 0 Å². The summed E-state index contributed by atoms with van der Waals surface area (Å²) >= 11 is 0. The molecule has 3 heterocycles. The van der Waals surface area contributed by atoms with Gasteiger partial charge in [0.2, 0.25) is 5.91 Å². The standard InChI is InChI=1S/C12H17N5O2/c13-8-5-14-16-11(8)12(19)17-4-3-9-7(6-17)1-2-10(18)15-9/h5,7,9H,1-4,6,13H2,(H,14,16)(H,15,18). The molecule has 0 bridgehead atoms. The summed E-state index contributed by atoms with van der Waals surface area (Å²) in [5.41, 5.74) is 6.44. The summed E-state index contributed by atoms with van der Waals surface area (Å²) in [6, 6.07) is 0.212. The lowest BCUT2D eigenvalue weighted by atomic mass is 9.85. The number of carbonyl (C=O) groups excluding carboxylic acids is 2. The van der Waals surface area contributed by atoms with Crippen molar-refractivity contribution in [1.82, 2.24) is 20.4 Å². The number of likely N-dealkylation sites (tertiary alicyclic amines) is 1. The second-order valence-electron chi connectivity index (χ2n) is 5.21. The number of nitrogens with two attached hydrogens (primary N) is 1. The number of aromatic amines is 1. The molecule has 3 rings (SSSR count). The van der Waals surface area contributed by atoms with Crippen LogP contribution in [0.1, 0.15) is 29.8 Å². The fourth-order valence-corrected chi connectivity index (χ4v) is 2.92. The molecule has 2 unspecified atom stereocenters. The predicted octanol–water partition coefficient (Wildman–Crippen LogP) is -0.267. The SMILES string of the molecule is Nc1cn[nH]c1C(=O)N1CCC2NC(=O)CCC2C1. The molecule has 7 nitrogen and oxygen atoms in total. The lowest BCUT2D eigenvalue weighted by Crippen LogP contribution is -2.55. The monoisotopic (exact) mass is 263 g/mol. The van der Waals surface area contributed by atoms with Gasteiger partial charge in [0, 0.05) is 25.6 Å². The van der Waals surface area contributed by atoms with Gasteiger partial charge < -0.3 is 16.0 Å². The summed E-state index contributed by atoms with van der Waals surface area (Å²) in [7, 11) is 0. The number of anilines is 1. The first-order valence-corrected chi connectivity index (χ1v) is 6.52. The molecule has 0 spiro atoms. The molecule has 4 N–H and O–H groups in total. The Morgan fingerprint density at radius 1 is 1.47 bits per heavy atom. The molecule has 0 saturated carbocycles. The van der Waals surface area contributed by atoms with E-state index in [4.69, 9.17) is 5.73 Å². The molecule has 1 aromatic rings. The van der Waals surface area contributed by atoms with E-state index in [1.165, 1.54) is 6.20 Å². The zero-order valence-corrected chi connectivity index (χ0v) is 10.6. The first-order chi connectivity index (χ1) is 9.15. The van der Waals surface area contributed by atoms with Gasteiger partial charge in [0.25, 0.3) is 5.91 Å². The smallest absolute Gasteiger partial charge is 0.274 e. The van der Waals surface area contributed by atoms with Gasteiger partial charge >= 0.3 is 0 Å². The summed E-state index contributed by atoms with van der Waals surface area (Å²) < 4.78 is 0. The maximum absolute atomic E-state index is 12.3. The lowest BCUT2D eigenvalue weighted by molar-refractivity contribution is -0.125. The third-order valence-corrected chi connectivity index (χ3v) is 3.99. The van der Waals surface area contributed by atoms with Crippen LogP contribution in [-0.2, 0) is 4.79 Å². The average molecular weight is 263 g/mol. The molecule has 0 radical (unpaired) electrons. The average Bonchev–Trinajstić information content (AvgIpc) is 2.83. The Hall–Kier alpha value is -2.05. The van der Waals surface area contributed by atoms with Gasteiger partial charge in [-0.2, -0.15) is 5.10 Å². The summed E-state index contributed by atoms with van der Waals surface area (Å²) in [5, 5.41) is 9.42. The number of nitrogen functional groups attached to an aromatic ring is 1. The van der Waals surface area contributed by atoms with Crippen molar-refractivity contribution in [3.63, 3.8) is 0 Å². The fourth-order valence-electron chi connectivity index (χ4n) is 2.92. The molecule has 0 aliphatic carbocycles. The van der Waals surface area contributed by atoms with E-state index in [0.29, 0.717) is 36.8 Å². The molecule has 1 aromatic heterocycles. The van der Waals surface area contributed by atoms with Crippen LogP contribution >= 0.6 is 0 Å². The minimum absolute atomic E-state index is 0.106. The van der Waals surface area contributed by atoms with Crippen LogP contribution < -0.4 is 11.1 Å². The van der Waals surface area contributed by atoms with Crippen LogP contribution in [0.15, 0.2) is 6.20 Å². The highest BCUT2D eigenvalue weighted by Crippen LogP contribution is 2.26. The van der Waals surface area contributed by atoms with Crippen LogP contribution in [-0.4, -0.2) is 46.0 Å². The Morgan fingerprint density at radius 2 is 2.32 bits per heavy atom. The van der Waals surface area contributed by atoms with Crippen LogP contribution in [0.4, 0.5) is 5.69 Å². The Labute approximate surface area is 110 Å². The number of amides is 2. The van der Waals surface area contributed by atoms with Crippen molar-refractivity contribution in [2.75, 3.05) is 18.8 Å². The number of hydrogen-bond acceptors (Lipinski definition) is 4. The number of rotatable bonds is 1. The van der Waals surface area contributed by atoms with Crippen molar-refractivity contribution in [1.29, 1.82) is 0 Å². The van der Waals surface area contributed by atoms with Gasteiger partial charge in [-0.3, -0.25) is 14.7 Å². The first kappa shape index (κ1) is 12.0. The van der Waals surface area contributed by atoms with Gasteiger partial charge in [-0.15, -0.1) is 0 Å². The van der Waals surface area contributed by atoms with Crippen LogP contribution in [0.3, 0.4) is 0 Å². The van der Waals surface area contributed by atoms with E-state index < -0.39 is 0 Å². The number of nitrogens with one attached hydrogen (secondary N) is 2. The maximum atomic E-state index is 12.3. The minimum Gasteiger partial charge on any atom is -0.396 e. The molecule has 102 valence electrons. The molecular formula is C12H17N5O2. The van der Waals surface area contributed by atoms with E-state index in [-0.39, 0.29) is 17.9 Å². The summed E-state index contributed by atoms with van der Waals surface area (Å²) in [6.07, 6.45) is 3.64. The van der Waals surface area contributed by atoms with Crippen molar-refractivity contribution in [2.45, 2.75) is 25.3 Å². The van der Waals surface area contributed by atoms with Crippen LogP contribution in [0, 0.1) is 5.92 Å². The molecule has 2 aliphatic rings. The normalized spacial score (nSPS) is 26.7. The van der Waals surface area contributed by atoms with Crippen molar-refractivity contribution < 1.29 is 9.59 Å². The van der Waals surface area contributed by atoms with E-state index in [1.807, 2.05) is 0 Å². The third kappa shape index (κ3) is 2.16.